The van der Waals surface area contributed by atoms with Crippen molar-refractivity contribution < 1.29 is 27.8 Å². The maximum Gasteiger partial charge on any atom is 0.318 e. The van der Waals surface area contributed by atoms with Crippen LogP contribution in [-0.4, -0.2) is 50.6 Å². The van der Waals surface area contributed by atoms with Crippen molar-refractivity contribution in [3.8, 4) is 11.5 Å². The molecule has 0 bridgehead atoms. The van der Waals surface area contributed by atoms with Crippen molar-refractivity contribution in [1.29, 1.82) is 0 Å². The number of aliphatic carboxylic acids is 1. The molecule has 1 aliphatic carbocycles. The number of rotatable bonds is 8. The van der Waals surface area contributed by atoms with E-state index >= 15 is 0 Å². The number of fused-ring (bicyclic) bond motifs is 1. The number of ether oxygens (including phenoxy) is 2. The number of sulfonamides is 1. The summed E-state index contributed by atoms with van der Waals surface area (Å²) in [5.41, 5.74) is 3.75. The van der Waals surface area contributed by atoms with Gasteiger partial charge in [0.1, 0.15) is 6.54 Å². The Morgan fingerprint density at radius 3 is 2.23 bits per heavy atom. The molecule has 1 aliphatic rings. The van der Waals surface area contributed by atoms with Crippen molar-refractivity contribution in [1.82, 2.24) is 4.31 Å². The summed E-state index contributed by atoms with van der Waals surface area (Å²) in [6.07, 6.45) is 1.03. The maximum atomic E-state index is 13.8. The minimum Gasteiger partial charge on any atom is -0.493 e. The van der Waals surface area contributed by atoms with E-state index in [-0.39, 0.29) is 10.8 Å². The molecule has 4 rings (SSSR count). The highest BCUT2D eigenvalue weighted by Gasteiger charge is 2.42. The lowest BCUT2D eigenvalue weighted by Crippen LogP contribution is -2.48. The lowest BCUT2D eigenvalue weighted by molar-refractivity contribution is -0.137. The Kier molecular flexibility index (Phi) is 7.14. The van der Waals surface area contributed by atoms with E-state index in [1.54, 1.807) is 26.4 Å². The monoisotopic (exact) mass is 495 g/mol. The van der Waals surface area contributed by atoms with Gasteiger partial charge in [-0.15, -0.1) is 0 Å². The Bertz CT molecular complexity index is 1310. The molecule has 7 nitrogen and oxygen atoms in total. The summed E-state index contributed by atoms with van der Waals surface area (Å²) < 4.78 is 39.8. The Balaban J connectivity index is 1.90. The van der Waals surface area contributed by atoms with Gasteiger partial charge in [-0.25, -0.2) is 8.42 Å². The van der Waals surface area contributed by atoms with E-state index in [9.17, 15) is 18.3 Å². The highest BCUT2D eigenvalue weighted by atomic mass is 32.2. The van der Waals surface area contributed by atoms with Gasteiger partial charge >= 0.3 is 5.97 Å². The minimum absolute atomic E-state index is 0.0780. The van der Waals surface area contributed by atoms with E-state index < -0.39 is 28.6 Å². The van der Waals surface area contributed by atoms with Crippen molar-refractivity contribution in [2.75, 3.05) is 20.8 Å². The van der Waals surface area contributed by atoms with Crippen LogP contribution in [0.4, 0.5) is 0 Å². The summed E-state index contributed by atoms with van der Waals surface area (Å²) in [4.78, 5) is 12.0. The third-order valence-electron chi connectivity index (χ3n) is 6.52. The molecule has 0 saturated heterocycles. The van der Waals surface area contributed by atoms with Crippen molar-refractivity contribution in [2.45, 2.75) is 36.6 Å². The quantitative estimate of drug-likeness (QED) is 0.503. The van der Waals surface area contributed by atoms with E-state index in [1.807, 2.05) is 49.4 Å². The second kappa shape index (κ2) is 10.1. The van der Waals surface area contributed by atoms with E-state index in [4.69, 9.17) is 9.47 Å². The summed E-state index contributed by atoms with van der Waals surface area (Å²) in [5, 5.41) is 9.73. The van der Waals surface area contributed by atoms with Crippen LogP contribution in [0, 0.1) is 6.92 Å². The second-order valence-corrected chi connectivity index (χ2v) is 10.5. The molecule has 0 saturated carbocycles. The number of hydrogen-bond donors (Lipinski definition) is 1. The van der Waals surface area contributed by atoms with E-state index in [0.29, 0.717) is 24.3 Å². The number of hydrogen-bond acceptors (Lipinski definition) is 5. The molecular formula is C27H29NO6S. The number of carboxylic acids is 1. The summed E-state index contributed by atoms with van der Waals surface area (Å²) in [5.74, 6) is -0.449. The number of benzene rings is 3. The predicted molar refractivity (Wildman–Crippen MR) is 133 cm³/mol. The molecule has 3 aromatic rings. The van der Waals surface area contributed by atoms with Crippen LogP contribution in [0.3, 0.4) is 0 Å². The minimum atomic E-state index is -4.09. The average molecular weight is 496 g/mol. The van der Waals surface area contributed by atoms with E-state index in [1.165, 1.54) is 12.1 Å². The fraction of sp³-hybridized carbons (Fsp3) is 0.296. The molecule has 0 aliphatic heterocycles. The zero-order valence-electron chi connectivity index (χ0n) is 20.0. The lowest BCUT2D eigenvalue weighted by atomic mass is 9.75. The largest absolute Gasteiger partial charge is 0.493 e. The van der Waals surface area contributed by atoms with Gasteiger partial charge in [-0.3, -0.25) is 4.79 Å². The van der Waals surface area contributed by atoms with Gasteiger partial charge in [0.05, 0.1) is 19.1 Å². The normalized spacial score (nSPS) is 17.6. The Morgan fingerprint density at radius 1 is 1.00 bits per heavy atom. The molecular weight excluding hydrogens is 466 g/mol. The van der Waals surface area contributed by atoms with Gasteiger partial charge in [0, 0.05) is 12.0 Å². The molecule has 0 unspecified atom stereocenters. The number of methoxy groups -OCH3 is 2. The highest BCUT2D eigenvalue weighted by molar-refractivity contribution is 7.89. The van der Waals surface area contributed by atoms with Crippen LogP contribution in [0.1, 0.15) is 34.6 Å². The third-order valence-corrected chi connectivity index (χ3v) is 8.41. The average Bonchev–Trinajstić information content (AvgIpc) is 2.86. The van der Waals surface area contributed by atoms with E-state index in [2.05, 4.69) is 0 Å². The van der Waals surface area contributed by atoms with Gasteiger partial charge in [0.15, 0.2) is 11.5 Å². The molecule has 3 aromatic carbocycles. The van der Waals surface area contributed by atoms with Crippen LogP contribution < -0.4 is 9.47 Å². The third kappa shape index (κ3) is 4.90. The number of carbonyl (C=O) groups is 1. The van der Waals surface area contributed by atoms with E-state index in [0.717, 1.165) is 26.6 Å². The summed E-state index contributed by atoms with van der Waals surface area (Å²) in [6.45, 7) is 1.24. The lowest BCUT2D eigenvalue weighted by Gasteiger charge is -2.40. The Labute approximate surface area is 206 Å². The molecule has 35 heavy (non-hydrogen) atoms. The fourth-order valence-corrected chi connectivity index (χ4v) is 6.47. The zero-order valence-corrected chi connectivity index (χ0v) is 20.8. The first-order valence-corrected chi connectivity index (χ1v) is 12.8. The van der Waals surface area contributed by atoms with Gasteiger partial charge in [-0.05, 0) is 60.7 Å². The molecule has 2 atom stereocenters. The molecule has 1 N–H and O–H groups in total. The van der Waals surface area contributed by atoms with Gasteiger partial charge in [0.25, 0.3) is 0 Å². The molecule has 0 heterocycles. The van der Waals surface area contributed by atoms with Gasteiger partial charge in [-0.1, -0.05) is 48.0 Å². The molecule has 0 amide bonds. The van der Waals surface area contributed by atoms with Gasteiger partial charge < -0.3 is 14.6 Å². The standard InChI is InChI=1S/C27H29NO6S/c1-18-9-12-21(13-10-18)35(31,32)28(17-26(29)30)23-14-11-20-15-24(33-2)25(34-3)16-22(20)27(23)19-7-5-4-6-8-19/h4-10,12-13,15-16,23,27H,11,14,17H2,1-3H3,(H,29,30)/t23-,27-/m1/s1. The van der Waals surface area contributed by atoms with Crippen molar-refractivity contribution in [3.05, 3.63) is 89.0 Å². The van der Waals surface area contributed by atoms with Gasteiger partial charge in [-0.2, -0.15) is 4.31 Å². The zero-order chi connectivity index (χ0) is 25.2. The van der Waals surface area contributed by atoms with Crippen molar-refractivity contribution in [2.24, 2.45) is 0 Å². The first kappa shape index (κ1) is 24.8. The van der Waals surface area contributed by atoms with Crippen molar-refractivity contribution in [3.63, 3.8) is 0 Å². The molecule has 0 radical (unpaired) electrons. The van der Waals surface area contributed by atoms with Crippen LogP contribution in [0.25, 0.3) is 0 Å². The number of aryl methyl sites for hydroxylation is 2. The molecule has 0 spiro atoms. The second-order valence-electron chi connectivity index (χ2n) is 8.66. The first-order valence-electron chi connectivity index (χ1n) is 11.4. The van der Waals surface area contributed by atoms with Crippen LogP contribution in [0.5, 0.6) is 11.5 Å². The summed E-state index contributed by atoms with van der Waals surface area (Å²) in [6, 6.07) is 19.3. The number of carboxylic acid groups (broad SMARTS) is 1. The smallest absolute Gasteiger partial charge is 0.318 e. The van der Waals surface area contributed by atoms with Crippen LogP contribution in [-0.2, 0) is 21.2 Å². The van der Waals surface area contributed by atoms with Crippen LogP contribution in [0.2, 0.25) is 0 Å². The van der Waals surface area contributed by atoms with Crippen LogP contribution >= 0.6 is 0 Å². The number of nitrogens with zero attached hydrogens (tertiary/aromatic N) is 1. The van der Waals surface area contributed by atoms with Gasteiger partial charge in [0.2, 0.25) is 10.0 Å². The predicted octanol–water partition coefficient (Wildman–Crippen LogP) is 4.23. The SMILES string of the molecule is COc1cc2c(cc1OC)[C@@H](c1ccccc1)[C@H](N(CC(=O)O)S(=O)(=O)c1ccc(C)cc1)CC2. The van der Waals surface area contributed by atoms with Crippen molar-refractivity contribution >= 4 is 16.0 Å². The first-order chi connectivity index (χ1) is 16.8. The Hall–Kier alpha value is -3.36. The molecule has 0 aromatic heterocycles. The molecule has 184 valence electrons. The highest BCUT2D eigenvalue weighted by Crippen LogP contribution is 2.44. The maximum absolute atomic E-state index is 13.8. The molecule has 0 fully saturated rings. The fourth-order valence-electron chi connectivity index (χ4n) is 4.85. The summed E-state index contributed by atoms with van der Waals surface area (Å²) >= 11 is 0. The summed E-state index contributed by atoms with van der Waals surface area (Å²) in [7, 11) is -0.955. The Morgan fingerprint density at radius 2 is 1.63 bits per heavy atom. The topological polar surface area (TPSA) is 93.1 Å². The van der Waals surface area contributed by atoms with Crippen LogP contribution in [0.15, 0.2) is 71.6 Å². The molecule has 8 heteroatoms.